The fourth-order valence-electron chi connectivity index (χ4n) is 1.69. The number of aliphatic carboxylic acids is 1. The maximum atomic E-state index is 12.0. The van der Waals surface area contributed by atoms with Gasteiger partial charge in [0.1, 0.15) is 0 Å². The summed E-state index contributed by atoms with van der Waals surface area (Å²) in [5.74, 6) is -1.23. The molecular weight excluding hydrogens is 294 g/mol. The van der Waals surface area contributed by atoms with E-state index in [9.17, 15) is 9.59 Å². The topological polar surface area (TPSA) is 84.2 Å². The molecule has 0 saturated carbocycles. The molecular formula is C14H14ClN3O3. The molecule has 1 aromatic carbocycles. The Labute approximate surface area is 126 Å². The number of amides is 1. The van der Waals surface area contributed by atoms with E-state index >= 15 is 0 Å². The fourth-order valence-corrected chi connectivity index (χ4v) is 1.87. The molecule has 0 spiro atoms. The van der Waals surface area contributed by atoms with Gasteiger partial charge in [0.15, 0.2) is 0 Å². The molecule has 110 valence electrons. The smallest absolute Gasteiger partial charge is 0.305 e. The van der Waals surface area contributed by atoms with E-state index in [4.69, 9.17) is 16.7 Å². The second-order valence-corrected chi connectivity index (χ2v) is 4.96. The largest absolute Gasteiger partial charge is 0.481 e. The van der Waals surface area contributed by atoms with Gasteiger partial charge < -0.3 is 10.4 Å². The summed E-state index contributed by atoms with van der Waals surface area (Å²) >= 11 is 5.99. The van der Waals surface area contributed by atoms with Crippen LogP contribution in [0, 0.1) is 6.92 Å². The van der Waals surface area contributed by atoms with Crippen molar-refractivity contribution in [1.29, 1.82) is 0 Å². The van der Waals surface area contributed by atoms with E-state index in [0.29, 0.717) is 16.3 Å². The van der Waals surface area contributed by atoms with E-state index in [0.717, 1.165) is 5.56 Å². The summed E-state index contributed by atoms with van der Waals surface area (Å²) in [6, 6.07) is 5.24. The zero-order valence-corrected chi connectivity index (χ0v) is 12.1. The molecule has 0 saturated heterocycles. The molecule has 0 aliphatic heterocycles. The highest BCUT2D eigenvalue weighted by Crippen LogP contribution is 2.20. The molecule has 2 rings (SSSR count). The van der Waals surface area contributed by atoms with Gasteiger partial charge in [-0.2, -0.15) is 5.10 Å². The van der Waals surface area contributed by atoms with Crippen LogP contribution in [0.15, 0.2) is 30.6 Å². The van der Waals surface area contributed by atoms with Crippen molar-refractivity contribution >= 4 is 29.2 Å². The highest BCUT2D eigenvalue weighted by atomic mass is 35.5. The molecule has 0 aliphatic rings. The van der Waals surface area contributed by atoms with Crippen LogP contribution in [0.25, 0.3) is 0 Å². The number of hydrogen-bond acceptors (Lipinski definition) is 3. The molecule has 0 aliphatic carbocycles. The fraction of sp³-hybridized carbons (Fsp3) is 0.214. The van der Waals surface area contributed by atoms with Crippen LogP contribution in [0.2, 0.25) is 5.02 Å². The van der Waals surface area contributed by atoms with E-state index in [-0.39, 0.29) is 18.9 Å². The summed E-state index contributed by atoms with van der Waals surface area (Å²) in [5.41, 5.74) is 1.88. The third-order valence-electron chi connectivity index (χ3n) is 2.88. The molecule has 7 heteroatoms. The maximum Gasteiger partial charge on any atom is 0.305 e. The lowest BCUT2D eigenvalue weighted by atomic mass is 10.2. The summed E-state index contributed by atoms with van der Waals surface area (Å²) < 4.78 is 1.42. The van der Waals surface area contributed by atoms with Crippen LogP contribution in [0.1, 0.15) is 22.3 Å². The first-order chi connectivity index (χ1) is 9.95. The van der Waals surface area contributed by atoms with Crippen LogP contribution in [0.5, 0.6) is 0 Å². The summed E-state index contributed by atoms with van der Waals surface area (Å²) in [7, 11) is 0. The standard InChI is InChI=1S/C14H14ClN3O3/c1-9-2-3-11(6-12(9)15)17-14(21)10-7-16-18(8-10)5-4-13(19)20/h2-3,6-8H,4-5H2,1H3,(H,17,21)(H,19,20). The lowest BCUT2D eigenvalue weighted by Crippen LogP contribution is -2.11. The number of rotatable bonds is 5. The van der Waals surface area contributed by atoms with Gasteiger partial charge in [-0.25, -0.2) is 0 Å². The quantitative estimate of drug-likeness (QED) is 0.889. The molecule has 0 fully saturated rings. The lowest BCUT2D eigenvalue weighted by Gasteiger charge is -2.05. The number of carbonyl (C=O) groups excluding carboxylic acids is 1. The Kier molecular flexibility index (Phi) is 4.59. The minimum atomic E-state index is -0.911. The van der Waals surface area contributed by atoms with Crippen molar-refractivity contribution in [2.24, 2.45) is 0 Å². The number of halogens is 1. The Balaban J connectivity index is 2.03. The molecule has 0 bridgehead atoms. The van der Waals surface area contributed by atoms with Gasteiger partial charge in [-0.1, -0.05) is 17.7 Å². The van der Waals surface area contributed by atoms with E-state index in [1.165, 1.54) is 17.1 Å². The van der Waals surface area contributed by atoms with Gasteiger partial charge in [0.2, 0.25) is 0 Å². The van der Waals surface area contributed by atoms with Crippen LogP contribution < -0.4 is 5.32 Å². The second-order valence-electron chi connectivity index (χ2n) is 4.55. The van der Waals surface area contributed by atoms with Crippen molar-refractivity contribution < 1.29 is 14.7 Å². The SMILES string of the molecule is Cc1ccc(NC(=O)c2cnn(CCC(=O)O)c2)cc1Cl. The average molecular weight is 308 g/mol. The molecule has 2 N–H and O–H groups in total. The van der Waals surface area contributed by atoms with Crippen molar-refractivity contribution in [2.45, 2.75) is 19.9 Å². The number of benzene rings is 1. The van der Waals surface area contributed by atoms with E-state index in [1.54, 1.807) is 12.1 Å². The third-order valence-corrected chi connectivity index (χ3v) is 3.29. The summed E-state index contributed by atoms with van der Waals surface area (Å²) in [4.78, 5) is 22.5. The van der Waals surface area contributed by atoms with Gasteiger partial charge in [-0.3, -0.25) is 14.3 Å². The van der Waals surface area contributed by atoms with Crippen molar-refractivity contribution in [1.82, 2.24) is 9.78 Å². The number of carbonyl (C=O) groups is 2. The molecule has 0 radical (unpaired) electrons. The Bertz CT molecular complexity index is 682. The first-order valence-corrected chi connectivity index (χ1v) is 6.65. The molecule has 1 heterocycles. The average Bonchev–Trinajstić information content (AvgIpc) is 2.89. The van der Waals surface area contributed by atoms with Gasteiger partial charge >= 0.3 is 5.97 Å². The number of carboxylic acid groups (broad SMARTS) is 1. The Morgan fingerprint density at radius 1 is 1.43 bits per heavy atom. The number of aromatic nitrogens is 2. The molecule has 0 unspecified atom stereocenters. The van der Waals surface area contributed by atoms with Crippen molar-refractivity contribution in [3.05, 3.63) is 46.7 Å². The molecule has 1 amide bonds. The normalized spacial score (nSPS) is 10.4. The number of anilines is 1. The summed E-state index contributed by atoms with van der Waals surface area (Å²) in [5, 5.41) is 15.8. The second kappa shape index (κ2) is 6.41. The van der Waals surface area contributed by atoms with E-state index < -0.39 is 5.97 Å². The number of carboxylic acids is 1. The first-order valence-electron chi connectivity index (χ1n) is 6.27. The van der Waals surface area contributed by atoms with E-state index in [1.807, 2.05) is 13.0 Å². The Morgan fingerprint density at radius 2 is 2.19 bits per heavy atom. The van der Waals surface area contributed by atoms with Gasteiger partial charge in [0, 0.05) is 16.9 Å². The van der Waals surface area contributed by atoms with Crippen LogP contribution in [-0.4, -0.2) is 26.8 Å². The molecule has 1 aromatic heterocycles. The monoisotopic (exact) mass is 307 g/mol. The Hall–Kier alpha value is -2.34. The van der Waals surface area contributed by atoms with Crippen LogP contribution >= 0.6 is 11.6 Å². The van der Waals surface area contributed by atoms with Crippen molar-refractivity contribution in [3.8, 4) is 0 Å². The van der Waals surface area contributed by atoms with Gasteiger partial charge in [-0.15, -0.1) is 0 Å². The van der Waals surface area contributed by atoms with Crippen molar-refractivity contribution in [3.63, 3.8) is 0 Å². The van der Waals surface area contributed by atoms with Gasteiger partial charge in [0.05, 0.1) is 24.7 Å². The Morgan fingerprint density at radius 3 is 2.86 bits per heavy atom. The van der Waals surface area contributed by atoms with Gasteiger partial charge in [-0.05, 0) is 24.6 Å². The number of nitrogens with one attached hydrogen (secondary N) is 1. The van der Waals surface area contributed by atoms with Gasteiger partial charge in [0.25, 0.3) is 5.91 Å². The molecule has 0 atom stereocenters. The van der Waals surface area contributed by atoms with Crippen LogP contribution in [0.4, 0.5) is 5.69 Å². The number of hydrogen-bond donors (Lipinski definition) is 2. The number of aryl methyl sites for hydroxylation is 2. The zero-order valence-electron chi connectivity index (χ0n) is 11.3. The minimum Gasteiger partial charge on any atom is -0.481 e. The predicted octanol–water partition coefficient (Wildman–Crippen LogP) is 2.57. The number of nitrogens with zero attached hydrogens (tertiary/aromatic N) is 2. The van der Waals surface area contributed by atoms with E-state index in [2.05, 4.69) is 10.4 Å². The van der Waals surface area contributed by atoms with Crippen LogP contribution in [-0.2, 0) is 11.3 Å². The highest BCUT2D eigenvalue weighted by molar-refractivity contribution is 6.31. The van der Waals surface area contributed by atoms with Crippen LogP contribution in [0.3, 0.4) is 0 Å². The summed E-state index contributed by atoms with van der Waals surface area (Å²) in [6.45, 7) is 2.10. The predicted molar refractivity (Wildman–Crippen MR) is 78.6 cm³/mol. The lowest BCUT2D eigenvalue weighted by molar-refractivity contribution is -0.137. The highest BCUT2D eigenvalue weighted by Gasteiger charge is 2.10. The first kappa shape index (κ1) is 15.1. The third kappa shape index (κ3) is 4.06. The molecule has 6 nitrogen and oxygen atoms in total. The minimum absolute atomic E-state index is 0.0453. The molecule has 21 heavy (non-hydrogen) atoms. The van der Waals surface area contributed by atoms with Crippen molar-refractivity contribution in [2.75, 3.05) is 5.32 Å². The molecule has 2 aromatic rings. The maximum absolute atomic E-state index is 12.0. The zero-order chi connectivity index (χ0) is 15.4. The summed E-state index contributed by atoms with van der Waals surface area (Å²) in [6.07, 6.45) is 2.86.